The van der Waals surface area contributed by atoms with Gasteiger partial charge in [0, 0.05) is 32.0 Å². The van der Waals surface area contributed by atoms with E-state index < -0.39 is 10.0 Å². The third kappa shape index (κ3) is 3.42. The molecule has 1 heterocycles. The fourth-order valence-electron chi connectivity index (χ4n) is 1.39. The van der Waals surface area contributed by atoms with Crippen molar-refractivity contribution in [3.05, 3.63) is 30.6 Å². The van der Waals surface area contributed by atoms with Gasteiger partial charge in [0.25, 0.3) is 0 Å². The lowest BCUT2D eigenvalue weighted by Crippen LogP contribution is -2.26. The molecule has 1 rings (SSSR count). The van der Waals surface area contributed by atoms with Crippen molar-refractivity contribution < 1.29 is 8.42 Å². The van der Waals surface area contributed by atoms with Crippen LogP contribution in [0, 0.1) is 0 Å². The fraction of sp³-hybridized carbons (Fsp3) is 0.455. The Morgan fingerprint density at radius 3 is 2.88 bits per heavy atom. The van der Waals surface area contributed by atoms with Gasteiger partial charge < -0.3 is 10.3 Å². The highest BCUT2D eigenvalue weighted by molar-refractivity contribution is 7.89. The standard InChI is InChI=1S/C11H19N3O2S/c1-4-6-14(3)17(15,16)11-7-10(13-9-11)8-12-5-2/h4,7,9,12-13H,1,5-6,8H2,2-3H3. The molecule has 5 nitrogen and oxygen atoms in total. The Bertz CT molecular complexity index is 465. The Balaban J connectivity index is 2.84. The monoisotopic (exact) mass is 257 g/mol. The van der Waals surface area contributed by atoms with Crippen molar-refractivity contribution in [2.75, 3.05) is 20.1 Å². The lowest BCUT2D eigenvalue weighted by molar-refractivity contribution is 0.499. The third-order valence-electron chi connectivity index (χ3n) is 2.38. The normalized spacial score (nSPS) is 11.9. The topological polar surface area (TPSA) is 65.2 Å². The number of sulfonamides is 1. The maximum absolute atomic E-state index is 12.0. The lowest BCUT2D eigenvalue weighted by Gasteiger charge is -2.13. The molecule has 2 N–H and O–H groups in total. The molecule has 1 aromatic heterocycles. The quantitative estimate of drug-likeness (QED) is 0.714. The van der Waals surface area contributed by atoms with Gasteiger partial charge in [-0.05, 0) is 12.6 Å². The molecule has 0 atom stereocenters. The number of rotatable bonds is 7. The molecule has 0 saturated heterocycles. The second-order valence-corrected chi connectivity index (χ2v) is 5.76. The molecular weight excluding hydrogens is 238 g/mol. The summed E-state index contributed by atoms with van der Waals surface area (Å²) in [7, 11) is -1.87. The number of nitrogens with one attached hydrogen (secondary N) is 2. The maximum atomic E-state index is 12.0. The van der Waals surface area contributed by atoms with E-state index in [1.54, 1.807) is 12.1 Å². The molecule has 0 fully saturated rings. The number of hydrogen-bond donors (Lipinski definition) is 2. The van der Waals surface area contributed by atoms with Crippen molar-refractivity contribution in [2.24, 2.45) is 0 Å². The number of aromatic nitrogens is 1. The van der Waals surface area contributed by atoms with E-state index >= 15 is 0 Å². The van der Waals surface area contributed by atoms with Crippen LogP contribution in [-0.4, -0.2) is 37.8 Å². The highest BCUT2D eigenvalue weighted by atomic mass is 32.2. The first-order valence-corrected chi connectivity index (χ1v) is 6.91. The van der Waals surface area contributed by atoms with Crippen molar-refractivity contribution in [1.82, 2.24) is 14.6 Å². The van der Waals surface area contributed by atoms with E-state index in [0.29, 0.717) is 13.1 Å². The lowest BCUT2D eigenvalue weighted by atomic mass is 10.4. The fourth-order valence-corrected chi connectivity index (χ4v) is 2.55. The van der Waals surface area contributed by atoms with Crippen LogP contribution < -0.4 is 5.32 Å². The Kier molecular flexibility index (Phi) is 4.92. The summed E-state index contributed by atoms with van der Waals surface area (Å²) < 4.78 is 25.4. The van der Waals surface area contributed by atoms with Crippen LogP contribution in [0.2, 0.25) is 0 Å². The minimum absolute atomic E-state index is 0.287. The predicted molar refractivity (Wildman–Crippen MR) is 68.2 cm³/mol. The minimum Gasteiger partial charge on any atom is -0.363 e. The number of aromatic amines is 1. The van der Waals surface area contributed by atoms with E-state index in [2.05, 4.69) is 16.9 Å². The maximum Gasteiger partial charge on any atom is 0.244 e. The van der Waals surface area contributed by atoms with E-state index in [9.17, 15) is 8.42 Å². The van der Waals surface area contributed by atoms with Gasteiger partial charge in [-0.1, -0.05) is 13.0 Å². The summed E-state index contributed by atoms with van der Waals surface area (Å²) in [6.07, 6.45) is 3.07. The summed E-state index contributed by atoms with van der Waals surface area (Å²) in [6, 6.07) is 1.65. The van der Waals surface area contributed by atoms with Gasteiger partial charge in [-0.3, -0.25) is 0 Å². The molecule has 96 valence electrons. The average molecular weight is 257 g/mol. The predicted octanol–water partition coefficient (Wildman–Crippen LogP) is 0.931. The summed E-state index contributed by atoms with van der Waals surface area (Å²) >= 11 is 0. The number of hydrogen-bond acceptors (Lipinski definition) is 3. The highest BCUT2D eigenvalue weighted by Crippen LogP contribution is 2.15. The van der Waals surface area contributed by atoms with Crippen LogP contribution in [0.1, 0.15) is 12.6 Å². The third-order valence-corrected chi connectivity index (χ3v) is 4.18. The van der Waals surface area contributed by atoms with E-state index in [1.807, 2.05) is 6.92 Å². The number of H-pyrrole nitrogens is 1. The number of likely N-dealkylation sites (N-methyl/N-ethyl adjacent to an activating group) is 1. The van der Waals surface area contributed by atoms with Gasteiger partial charge in [-0.2, -0.15) is 4.31 Å². The van der Waals surface area contributed by atoms with Crippen molar-refractivity contribution in [3.63, 3.8) is 0 Å². The zero-order chi connectivity index (χ0) is 12.9. The first-order valence-electron chi connectivity index (χ1n) is 5.47. The largest absolute Gasteiger partial charge is 0.363 e. The average Bonchev–Trinajstić information content (AvgIpc) is 2.75. The zero-order valence-electron chi connectivity index (χ0n) is 10.2. The zero-order valence-corrected chi connectivity index (χ0v) is 11.0. The molecule has 0 spiro atoms. The van der Waals surface area contributed by atoms with Crippen LogP contribution in [0.15, 0.2) is 29.8 Å². The van der Waals surface area contributed by atoms with Gasteiger partial charge >= 0.3 is 0 Å². The summed E-state index contributed by atoms with van der Waals surface area (Å²) in [6.45, 7) is 7.31. The smallest absolute Gasteiger partial charge is 0.244 e. The molecule has 17 heavy (non-hydrogen) atoms. The van der Waals surface area contributed by atoms with E-state index in [4.69, 9.17) is 0 Å². The van der Waals surface area contributed by atoms with E-state index in [1.165, 1.54) is 17.5 Å². The summed E-state index contributed by atoms with van der Waals surface area (Å²) in [4.78, 5) is 3.24. The van der Waals surface area contributed by atoms with Crippen LogP contribution in [0.25, 0.3) is 0 Å². The first kappa shape index (κ1) is 14.0. The van der Waals surface area contributed by atoms with Gasteiger partial charge in [0.1, 0.15) is 0 Å². The molecule has 0 saturated carbocycles. The summed E-state index contributed by atoms with van der Waals surface area (Å²) in [5.74, 6) is 0. The summed E-state index contributed by atoms with van der Waals surface area (Å²) in [5, 5.41) is 3.13. The summed E-state index contributed by atoms with van der Waals surface area (Å²) in [5.41, 5.74) is 0.859. The van der Waals surface area contributed by atoms with Crippen molar-refractivity contribution in [1.29, 1.82) is 0 Å². The van der Waals surface area contributed by atoms with Gasteiger partial charge in [-0.25, -0.2) is 8.42 Å². The number of nitrogens with zero attached hydrogens (tertiary/aromatic N) is 1. The minimum atomic E-state index is -3.40. The first-order chi connectivity index (χ1) is 8.02. The van der Waals surface area contributed by atoms with Gasteiger partial charge in [0.2, 0.25) is 10.0 Å². The van der Waals surface area contributed by atoms with Crippen molar-refractivity contribution in [2.45, 2.75) is 18.4 Å². The van der Waals surface area contributed by atoms with E-state index in [0.717, 1.165) is 12.2 Å². The Morgan fingerprint density at radius 1 is 1.59 bits per heavy atom. The van der Waals surface area contributed by atoms with E-state index in [-0.39, 0.29) is 4.90 Å². The van der Waals surface area contributed by atoms with Crippen molar-refractivity contribution in [3.8, 4) is 0 Å². The molecule has 1 aromatic rings. The van der Waals surface area contributed by atoms with Crippen LogP contribution in [0.5, 0.6) is 0 Å². The van der Waals surface area contributed by atoms with Crippen LogP contribution in [-0.2, 0) is 16.6 Å². The second kappa shape index (κ2) is 6.00. The van der Waals surface area contributed by atoms with Gasteiger partial charge in [-0.15, -0.1) is 6.58 Å². The Labute approximate surface area is 103 Å². The SMILES string of the molecule is C=CCN(C)S(=O)(=O)c1c[nH]c(CNCC)c1. The molecule has 6 heteroatoms. The Morgan fingerprint density at radius 2 is 2.29 bits per heavy atom. The molecule has 0 aliphatic heterocycles. The van der Waals surface area contributed by atoms with Gasteiger partial charge in [0.15, 0.2) is 0 Å². The highest BCUT2D eigenvalue weighted by Gasteiger charge is 2.20. The molecule has 0 bridgehead atoms. The molecule has 0 aromatic carbocycles. The Hall–Kier alpha value is -1.11. The molecule has 0 aliphatic carbocycles. The second-order valence-electron chi connectivity index (χ2n) is 3.72. The van der Waals surface area contributed by atoms with Crippen molar-refractivity contribution >= 4 is 10.0 Å². The molecule has 0 aliphatic rings. The molecule has 0 unspecified atom stereocenters. The molecule has 0 amide bonds. The molecule has 0 radical (unpaired) electrons. The molecular formula is C11H19N3O2S. The van der Waals surface area contributed by atoms with Gasteiger partial charge in [0.05, 0.1) is 4.90 Å². The van der Waals surface area contributed by atoms with Crippen LogP contribution in [0.3, 0.4) is 0 Å². The van der Waals surface area contributed by atoms with Crippen LogP contribution >= 0.6 is 0 Å². The van der Waals surface area contributed by atoms with Crippen LogP contribution in [0.4, 0.5) is 0 Å².